The molecule has 3 N–H and O–H groups in total. The molecule has 3 rings (SSSR count). The third-order valence-corrected chi connectivity index (χ3v) is 5.55. The van der Waals surface area contributed by atoms with Crippen LogP contribution < -0.4 is 21.9 Å². The molecular weight excluding hydrogens is 414 g/mol. The summed E-state index contributed by atoms with van der Waals surface area (Å²) in [5, 5.41) is 0.557. The van der Waals surface area contributed by atoms with E-state index < -0.39 is 11.2 Å². The lowest BCUT2D eigenvalue weighted by atomic mass is 10.2. The fraction of sp³-hybridized carbons (Fsp3) is 0.273. The lowest BCUT2D eigenvalue weighted by Crippen LogP contribution is -2.42. The first kappa shape index (κ1) is 22.4. The normalized spacial score (nSPS) is 10.8. The van der Waals surface area contributed by atoms with Crippen molar-refractivity contribution in [2.24, 2.45) is 0 Å². The Balaban J connectivity index is 2.13. The lowest BCUT2D eigenvalue weighted by molar-refractivity contribution is 0.0982. The smallest absolute Gasteiger partial charge is 0.330 e. The summed E-state index contributed by atoms with van der Waals surface area (Å²) in [5.41, 5.74) is 6.21. The zero-order chi connectivity index (χ0) is 22.4. The number of benzene rings is 1. The summed E-state index contributed by atoms with van der Waals surface area (Å²) >= 11 is 1.34. The van der Waals surface area contributed by atoms with Crippen molar-refractivity contribution in [3.63, 3.8) is 0 Å². The Kier molecular flexibility index (Phi) is 7.30. The molecule has 2 heterocycles. The summed E-state index contributed by atoms with van der Waals surface area (Å²) in [6.07, 6.45) is 4.92. The van der Waals surface area contributed by atoms with E-state index in [0.717, 1.165) is 12.0 Å². The van der Waals surface area contributed by atoms with E-state index in [1.807, 2.05) is 43.5 Å². The number of rotatable bonds is 8. The molecule has 0 aliphatic carbocycles. The largest absolute Gasteiger partial charge is 0.383 e. The monoisotopic (exact) mass is 439 g/mol. The van der Waals surface area contributed by atoms with Crippen LogP contribution in [-0.4, -0.2) is 33.2 Å². The highest BCUT2D eigenvalue weighted by atomic mass is 32.2. The van der Waals surface area contributed by atoms with Crippen LogP contribution in [0.4, 0.5) is 11.5 Å². The number of carbonyl (C=O) groups excluding carboxylic acids is 1. The average Bonchev–Trinajstić information content (AvgIpc) is 2.79. The van der Waals surface area contributed by atoms with Crippen molar-refractivity contribution in [3.05, 3.63) is 80.6 Å². The van der Waals surface area contributed by atoms with Gasteiger partial charge in [0.25, 0.3) is 11.5 Å². The second-order valence-corrected chi connectivity index (χ2v) is 7.73. The van der Waals surface area contributed by atoms with Crippen molar-refractivity contribution >= 4 is 29.2 Å². The standard InChI is InChI=1S/C22H25N5O3S/c1-3-4-13-26(21(29)16-11-8-12-24-20(16)31-2)17-18(23)27(22(30)25-19(17)28)14-15-9-6-5-7-10-15/h5-12H,3-4,13-14,23H2,1-2H3,(H,25,28,30). The Hall–Kier alpha value is -3.33. The van der Waals surface area contributed by atoms with Gasteiger partial charge in [-0.15, -0.1) is 11.8 Å². The third kappa shape index (κ3) is 4.88. The Bertz CT molecular complexity index is 1170. The predicted octanol–water partition coefficient (Wildman–Crippen LogP) is 2.73. The van der Waals surface area contributed by atoms with Gasteiger partial charge in [-0.05, 0) is 30.4 Å². The van der Waals surface area contributed by atoms with Crippen molar-refractivity contribution in [3.8, 4) is 0 Å². The summed E-state index contributed by atoms with van der Waals surface area (Å²) in [6.45, 7) is 2.45. The van der Waals surface area contributed by atoms with Gasteiger partial charge in [-0.1, -0.05) is 43.7 Å². The van der Waals surface area contributed by atoms with Crippen LogP contribution in [0.5, 0.6) is 0 Å². The number of thioether (sulfide) groups is 1. The predicted molar refractivity (Wildman–Crippen MR) is 124 cm³/mol. The summed E-state index contributed by atoms with van der Waals surface area (Å²) in [7, 11) is 0. The van der Waals surface area contributed by atoms with Gasteiger partial charge >= 0.3 is 5.69 Å². The van der Waals surface area contributed by atoms with Crippen LogP contribution >= 0.6 is 11.8 Å². The van der Waals surface area contributed by atoms with Crippen molar-refractivity contribution in [1.82, 2.24) is 14.5 Å². The van der Waals surface area contributed by atoms with Crippen LogP contribution in [0.2, 0.25) is 0 Å². The number of pyridine rings is 1. The summed E-state index contributed by atoms with van der Waals surface area (Å²) in [4.78, 5) is 46.7. The highest BCUT2D eigenvalue weighted by Gasteiger charge is 2.26. The highest BCUT2D eigenvalue weighted by molar-refractivity contribution is 7.98. The van der Waals surface area contributed by atoms with Gasteiger partial charge in [-0.2, -0.15) is 0 Å². The van der Waals surface area contributed by atoms with Gasteiger partial charge in [0, 0.05) is 12.7 Å². The summed E-state index contributed by atoms with van der Waals surface area (Å²) < 4.78 is 1.27. The van der Waals surface area contributed by atoms with Gasteiger partial charge < -0.3 is 10.6 Å². The average molecular weight is 440 g/mol. The van der Waals surface area contributed by atoms with Gasteiger partial charge in [0.05, 0.1) is 12.1 Å². The number of carbonyl (C=O) groups is 1. The maximum Gasteiger partial charge on any atom is 0.330 e. The number of hydrogen-bond donors (Lipinski definition) is 2. The van der Waals surface area contributed by atoms with E-state index in [1.54, 1.807) is 18.3 Å². The van der Waals surface area contributed by atoms with Gasteiger partial charge in [0.15, 0.2) is 5.69 Å². The maximum absolute atomic E-state index is 13.5. The lowest BCUT2D eigenvalue weighted by Gasteiger charge is -2.25. The molecule has 2 aromatic heterocycles. The van der Waals surface area contributed by atoms with Crippen molar-refractivity contribution < 1.29 is 4.79 Å². The highest BCUT2D eigenvalue weighted by Crippen LogP contribution is 2.24. The number of nitrogens with zero attached hydrogens (tertiary/aromatic N) is 3. The van der Waals surface area contributed by atoms with Crippen LogP contribution in [0.1, 0.15) is 35.7 Å². The molecule has 0 unspecified atom stereocenters. The quantitative estimate of drug-likeness (QED) is 0.522. The van der Waals surface area contributed by atoms with Gasteiger partial charge in [0.2, 0.25) is 0 Å². The minimum absolute atomic E-state index is 0.0233. The van der Waals surface area contributed by atoms with E-state index in [1.165, 1.54) is 21.2 Å². The minimum Gasteiger partial charge on any atom is -0.383 e. The number of aromatic nitrogens is 3. The second kappa shape index (κ2) is 10.1. The van der Waals surface area contributed by atoms with E-state index >= 15 is 0 Å². The van der Waals surface area contributed by atoms with Gasteiger partial charge in [0.1, 0.15) is 10.8 Å². The molecule has 8 nitrogen and oxygen atoms in total. The van der Waals surface area contributed by atoms with E-state index in [2.05, 4.69) is 9.97 Å². The number of aromatic amines is 1. The molecule has 0 atom stereocenters. The first-order chi connectivity index (χ1) is 15.0. The number of nitrogen functional groups attached to an aromatic ring is 1. The third-order valence-electron chi connectivity index (χ3n) is 4.84. The Labute approximate surface area is 184 Å². The minimum atomic E-state index is -0.689. The number of nitrogens with one attached hydrogen (secondary N) is 1. The molecular formula is C22H25N5O3S. The van der Waals surface area contributed by atoms with Crippen LogP contribution in [0.3, 0.4) is 0 Å². The molecule has 0 bridgehead atoms. The molecule has 0 aliphatic rings. The summed E-state index contributed by atoms with van der Waals surface area (Å²) in [6, 6.07) is 12.6. The maximum atomic E-state index is 13.5. The molecule has 0 fully saturated rings. The van der Waals surface area contributed by atoms with Crippen molar-refractivity contribution in [1.29, 1.82) is 0 Å². The van der Waals surface area contributed by atoms with Crippen LogP contribution in [0.25, 0.3) is 0 Å². The van der Waals surface area contributed by atoms with E-state index in [9.17, 15) is 14.4 Å². The molecule has 0 aliphatic heterocycles. The molecule has 1 aromatic carbocycles. The topological polar surface area (TPSA) is 114 Å². The Morgan fingerprint density at radius 1 is 1.19 bits per heavy atom. The Morgan fingerprint density at radius 3 is 2.61 bits per heavy atom. The van der Waals surface area contributed by atoms with E-state index in [4.69, 9.17) is 5.73 Å². The summed E-state index contributed by atoms with van der Waals surface area (Å²) in [5.74, 6) is -0.426. The zero-order valence-electron chi connectivity index (χ0n) is 17.5. The van der Waals surface area contributed by atoms with Crippen LogP contribution in [0.15, 0.2) is 63.3 Å². The van der Waals surface area contributed by atoms with Gasteiger partial charge in [-0.25, -0.2) is 9.78 Å². The fourth-order valence-electron chi connectivity index (χ4n) is 3.25. The SMILES string of the molecule is CCCCN(C(=O)c1cccnc1SC)c1c(N)n(Cc2ccccc2)c(=O)[nH]c1=O. The molecule has 0 spiro atoms. The molecule has 0 saturated heterocycles. The van der Waals surface area contributed by atoms with Gasteiger partial charge in [-0.3, -0.25) is 19.1 Å². The zero-order valence-corrected chi connectivity index (χ0v) is 18.3. The molecule has 162 valence electrons. The molecule has 3 aromatic rings. The van der Waals surface area contributed by atoms with Crippen molar-refractivity contribution in [2.45, 2.75) is 31.3 Å². The number of H-pyrrole nitrogens is 1. The second-order valence-electron chi connectivity index (χ2n) is 6.94. The van der Waals surface area contributed by atoms with Crippen LogP contribution in [-0.2, 0) is 6.54 Å². The number of nitrogens with two attached hydrogens (primary N) is 1. The number of amides is 1. The Morgan fingerprint density at radius 2 is 1.94 bits per heavy atom. The first-order valence-corrected chi connectivity index (χ1v) is 11.2. The molecule has 0 saturated carbocycles. The van der Waals surface area contributed by atoms with E-state index in [-0.39, 0.29) is 30.5 Å². The fourth-order valence-corrected chi connectivity index (χ4v) is 3.80. The van der Waals surface area contributed by atoms with E-state index in [0.29, 0.717) is 17.0 Å². The van der Waals surface area contributed by atoms with Crippen LogP contribution in [0, 0.1) is 0 Å². The molecule has 9 heteroatoms. The number of unbranched alkanes of at least 4 members (excludes halogenated alkanes) is 1. The number of anilines is 2. The molecule has 1 amide bonds. The first-order valence-electron chi connectivity index (χ1n) is 9.95. The number of hydrogen-bond acceptors (Lipinski definition) is 6. The van der Waals surface area contributed by atoms with Crippen molar-refractivity contribution in [2.75, 3.05) is 23.4 Å². The molecule has 31 heavy (non-hydrogen) atoms. The molecule has 0 radical (unpaired) electrons.